The topological polar surface area (TPSA) is 33.1 Å². The molecule has 0 aromatic carbocycles. The van der Waals surface area contributed by atoms with Crippen molar-refractivity contribution in [1.29, 1.82) is 0 Å². The van der Waals surface area contributed by atoms with Crippen LogP contribution in [-0.2, 0) is 7.05 Å². The maximum atomic E-state index is 4.39. The Bertz CT molecular complexity index is 299. The number of rotatable bonds is 2. The summed E-state index contributed by atoms with van der Waals surface area (Å²) in [5.41, 5.74) is 0. The first kappa shape index (κ1) is 10.5. The Morgan fingerprint density at radius 2 is 2.33 bits per heavy atom. The third-order valence-corrected chi connectivity index (χ3v) is 3.20. The Morgan fingerprint density at radius 1 is 1.47 bits per heavy atom. The van der Waals surface area contributed by atoms with Gasteiger partial charge in [-0.15, -0.1) is 0 Å². The van der Waals surface area contributed by atoms with Gasteiger partial charge in [-0.1, -0.05) is 0 Å². The van der Waals surface area contributed by atoms with E-state index in [1.54, 1.807) is 0 Å². The molecule has 1 N–H and O–H groups in total. The summed E-state index contributed by atoms with van der Waals surface area (Å²) >= 11 is 0. The van der Waals surface area contributed by atoms with Gasteiger partial charge >= 0.3 is 0 Å². The highest BCUT2D eigenvalue weighted by Gasteiger charge is 2.19. The lowest BCUT2D eigenvalue weighted by molar-refractivity contribution is 0.552. The number of hydrogen-bond acceptors (Lipinski definition) is 3. The molecule has 1 fully saturated rings. The standard InChI is InChI=1S/C11H20N4/c1-14-9-8-13-11(14)15(2)10-4-3-6-12-7-5-10/h8-10,12H,3-7H2,1-2H3. The van der Waals surface area contributed by atoms with Crippen molar-refractivity contribution in [2.75, 3.05) is 25.0 Å². The first-order chi connectivity index (χ1) is 7.29. The highest BCUT2D eigenvalue weighted by atomic mass is 15.3. The Hall–Kier alpha value is -1.03. The van der Waals surface area contributed by atoms with E-state index < -0.39 is 0 Å². The van der Waals surface area contributed by atoms with Gasteiger partial charge in [0.15, 0.2) is 0 Å². The second-order valence-corrected chi connectivity index (χ2v) is 4.28. The number of aryl methyl sites for hydroxylation is 1. The van der Waals surface area contributed by atoms with Gasteiger partial charge in [0.05, 0.1) is 0 Å². The molecule has 2 rings (SSSR count). The number of nitrogens with one attached hydrogen (secondary N) is 1. The molecule has 1 aromatic heterocycles. The molecular weight excluding hydrogens is 188 g/mol. The summed E-state index contributed by atoms with van der Waals surface area (Å²) in [6.07, 6.45) is 7.60. The molecular formula is C11H20N4. The number of imidazole rings is 1. The van der Waals surface area contributed by atoms with Gasteiger partial charge in [0.2, 0.25) is 5.95 Å². The summed E-state index contributed by atoms with van der Waals surface area (Å²) in [5.74, 6) is 1.07. The number of aromatic nitrogens is 2. The molecule has 2 heterocycles. The molecule has 0 bridgehead atoms. The van der Waals surface area contributed by atoms with Crippen molar-refractivity contribution in [2.45, 2.75) is 25.3 Å². The zero-order valence-corrected chi connectivity index (χ0v) is 9.61. The van der Waals surface area contributed by atoms with Crippen LogP contribution >= 0.6 is 0 Å². The highest BCUT2D eigenvalue weighted by molar-refractivity contribution is 5.31. The van der Waals surface area contributed by atoms with Crippen molar-refractivity contribution in [3.63, 3.8) is 0 Å². The van der Waals surface area contributed by atoms with E-state index in [0.717, 1.165) is 19.0 Å². The van der Waals surface area contributed by atoms with Crippen molar-refractivity contribution in [3.8, 4) is 0 Å². The fraction of sp³-hybridized carbons (Fsp3) is 0.727. The molecule has 1 aromatic rings. The van der Waals surface area contributed by atoms with E-state index in [0.29, 0.717) is 6.04 Å². The molecule has 0 aliphatic carbocycles. The molecule has 0 spiro atoms. The van der Waals surface area contributed by atoms with Crippen LogP contribution in [0.2, 0.25) is 0 Å². The second-order valence-electron chi connectivity index (χ2n) is 4.28. The van der Waals surface area contributed by atoms with Crippen LogP contribution in [0.5, 0.6) is 0 Å². The normalized spacial score (nSPS) is 22.4. The summed E-state index contributed by atoms with van der Waals surface area (Å²) in [6, 6.07) is 0.626. The van der Waals surface area contributed by atoms with E-state index >= 15 is 0 Å². The van der Waals surface area contributed by atoms with Crippen molar-refractivity contribution in [3.05, 3.63) is 12.4 Å². The quantitative estimate of drug-likeness (QED) is 0.787. The number of hydrogen-bond donors (Lipinski definition) is 1. The first-order valence-corrected chi connectivity index (χ1v) is 5.70. The molecule has 1 atom stereocenters. The minimum atomic E-state index is 0.626. The van der Waals surface area contributed by atoms with Crippen LogP contribution in [0.15, 0.2) is 12.4 Å². The molecule has 0 saturated carbocycles. The van der Waals surface area contributed by atoms with E-state index in [9.17, 15) is 0 Å². The third-order valence-electron chi connectivity index (χ3n) is 3.20. The molecule has 1 saturated heterocycles. The minimum absolute atomic E-state index is 0.626. The van der Waals surface area contributed by atoms with Crippen molar-refractivity contribution in [2.24, 2.45) is 7.05 Å². The molecule has 1 aliphatic rings. The zero-order chi connectivity index (χ0) is 10.7. The van der Waals surface area contributed by atoms with E-state index in [2.05, 4.69) is 26.8 Å². The zero-order valence-electron chi connectivity index (χ0n) is 9.61. The van der Waals surface area contributed by atoms with E-state index in [1.807, 2.05) is 19.4 Å². The van der Waals surface area contributed by atoms with Crippen molar-refractivity contribution >= 4 is 5.95 Å². The van der Waals surface area contributed by atoms with Crippen LogP contribution in [0.4, 0.5) is 5.95 Å². The first-order valence-electron chi connectivity index (χ1n) is 5.70. The fourth-order valence-electron chi connectivity index (χ4n) is 2.25. The monoisotopic (exact) mass is 208 g/mol. The summed E-state index contributed by atoms with van der Waals surface area (Å²) in [7, 11) is 4.20. The lowest BCUT2D eigenvalue weighted by Gasteiger charge is -2.27. The number of anilines is 1. The van der Waals surface area contributed by atoms with Crippen molar-refractivity contribution < 1.29 is 0 Å². The Morgan fingerprint density at radius 3 is 3.07 bits per heavy atom. The van der Waals surface area contributed by atoms with Crippen LogP contribution in [0.1, 0.15) is 19.3 Å². The average Bonchev–Trinajstić information content (AvgIpc) is 2.53. The van der Waals surface area contributed by atoms with Crippen LogP contribution < -0.4 is 10.2 Å². The maximum Gasteiger partial charge on any atom is 0.205 e. The molecule has 1 aliphatic heterocycles. The van der Waals surface area contributed by atoms with Gasteiger partial charge in [-0.3, -0.25) is 0 Å². The van der Waals surface area contributed by atoms with Gasteiger partial charge < -0.3 is 14.8 Å². The minimum Gasteiger partial charge on any atom is -0.342 e. The largest absolute Gasteiger partial charge is 0.342 e. The molecule has 15 heavy (non-hydrogen) atoms. The van der Waals surface area contributed by atoms with Gasteiger partial charge in [-0.2, -0.15) is 0 Å². The molecule has 0 radical (unpaired) electrons. The molecule has 4 nitrogen and oxygen atoms in total. The van der Waals surface area contributed by atoms with Crippen LogP contribution in [-0.4, -0.2) is 35.7 Å². The highest BCUT2D eigenvalue weighted by Crippen LogP contribution is 2.17. The Kier molecular flexibility index (Phi) is 3.26. The van der Waals surface area contributed by atoms with Gasteiger partial charge in [-0.25, -0.2) is 4.98 Å². The summed E-state index contributed by atoms with van der Waals surface area (Å²) in [4.78, 5) is 6.70. The predicted octanol–water partition coefficient (Wildman–Crippen LogP) is 0.998. The Balaban J connectivity index is 2.06. The van der Waals surface area contributed by atoms with Crippen LogP contribution in [0, 0.1) is 0 Å². The lowest BCUT2D eigenvalue weighted by atomic mass is 10.1. The summed E-state index contributed by atoms with van der Waals surface area (Å²) in [5, 5.41) is 3.44. The molecule has 84 valence electrons. The molecule has 4 heteroatoms. The molecule has 0 amide bonds. The lowest BCUT2D eigenvalue weighted by Crippen LogP contribution is -2.34. The maximum absolute atomic E-state index is 4.39. The van der Waals surface area contributed by atoms with Gasteiger partial charge in [0.25, 0.3) is 0 Å². The summed E-state index contributed by atoms with van der Waals surface area (Å²) in [6.45, 7) is 2.28. The second kappa shape index (κ2) is 4.66. The molecule has 1 unspecified atom stereocenters. The van der Waals surface area contributed by atoms with E-state index in [4.69, 9.17) is 0 Å². The van der Waals surface area contributed by atoms with Gasteiger partial charge in [0, 0.05) is 32.5 Å². The van der Waals surface area contributed by atoms with Crippen molar-refractivity contribution in [1.82, 2.24) is 14.9 Å². The summed E-state index contributed by atoms with van der Waals surface area (Å²) < 4.78 is 2.08. The van der Waals surface area contributed by atoms with Crippen LogP contribution in [0.3, 0.4) is 0 Å². The third kappa shape index (κ3) is 2.31. The average molecular weight is 208 g/mol. The Labute approximate surface area is 91.3 Å². The number of nitrogens with zero attached hydrogens (tertiary/aromatic N) is 3. The fourth-order valence-corrected chi connectivity index (χ4v) is 2.25. The van der Waals surface area contributed by atoms with Gasteiger partial charge in [-0.05, 0) is 32.4 Å². The predicted molar refractivity (Wildman–Crippen MR) is 62.1 cm³/mol. The van der Waals surface area contributed by atoms with E-state index in [-0.39, 0.29) is 0 Å². The smallest absolute Gasteiger partial charge is 0.205 e. The van der Waals surface area contributed by atoms with Gasteiger partial charge in [0.1, 0.15) is 0 Å². The van der Waals surface area contributed by atoms with E-state index in [1.165, 1.54) is 19.3 Å². The SMILES string of the molecule is CN(c1nccn1C)C1CCCNCC1. The van der Waals surface area contributed by atoms with Crippen LogP contribution in [0.25, 0.3) is 0 Å².